The van der Waals surface area contributed by atoms with Gasteiger partial charge in [0.05, 0.1) is 0 Å². The van der Waals surface area contributed by atoms with Crippen LogP contribution in [0.4, 0.5) is 5.69 Å². The highest BCUT2D eigenvalue weighted by molar-refractivity contribution is 6.04. The van der Waals surface area contributed by atoms with Crippen LogP contribution in [0.15, 0.2) is 36.4 Å². The van der Waals surface area contributed by atoms with Crippen LogP contribution in [0.1, 0.15) is 32.6 Å². The molecule has 102 valence electrons. The first-order valence-electron chi connectivity index (χ1n) is 6.84. The molecule has 0 fully saturated rings. The van der Waals surface area contributed by atoms with Crippen molar-refractivity contribution in [3.8, 4) is 0 Å². The van der Waals surface area contributed by atoms with Crippen molar-refractivity contribution in [1.82, 2.24) is 5.32 Å². The Morgan fingerprint density at radius 3 is 2.45 bits per heavy atom. The third kappa shape index (κ3) is 2.58. The van der Waals surface area contributed by atoms with Gasteiger partial charge in [0.2, 0.25) is 0 Å². The second-order valence-electron chi connectivity index (χ2n) is 5.42. The van der Waals surface area contributed by atoms with E-state index in [2.05, 4.69) is 16.7 Å². The molecule has 0 spiro atoms. The van der Waals surface area contributed by atoms with E-state index in [1.165, 1.54) is 11.1 Å². The number of aryl methyl sites for hydroxylation is 2. The van der Waals surface area contributed by atoms with Gasteiger partial charge < -0.3 is 10.6 Å². The van der Waals surface area contributed by atoms with Crippen LogP contribution < -0.4 is 10.6 Å². The summed E-state index contributed by atoms with van der Waals surface area (Å²) >= 11 is 0. The highest BCUT2D eigenvalue weighted by Gasteiger charge is 2.13. The average Bonchev–Trinajstić information content (AvgIpc) is 2.84. The first-order valence-corrected chi connectivity index (χ1v) is 6.84. The van der Waals surface area contributed by atoms with E-state index >= 15 is 0 Å². The summed E-state index contributed by atoms with van der Waals surface area (Å²) in [5.41, 5.74) is 6.38. The molecule has 20 heavy (non-hydrogen) atoms. The van der Waals surface area contributed by atoms with E-state index in [1.54, 1.807) is 0 Å². The van der Waals surface area contributed by atoms with Crippen molar-refractivity contribution in [3.05, 3.63) is 64.2 Å². The molecule has 0 unspecified atom stereocenters. The smallest absolute Gasteiger partial charge is 0.255 e. The maximum absolute atomic E-state index is 12.3. The minimum Gasteiger partial charge on any atom is -0.322 e. The van der Waals surface area contributed by atoms with Gasteiger partial charge in [0, 0.05) is 24.3 Å². The van der Waals surface area contributed by atoms with Crippen molar-refractivity contribution in [2.45, 2.75) is 26.9 Å². The second-order valence-corrected chi connectivity index (χ2v) is 5.42. The minimum atomic E-state index is -0.0512. The fourth-order valence-electron chi connectivity index (χ4n) is 2.69. The summed E-state index contributed by atoms with van der Waals surface area (Å²) in [5, 5.41) is 6.26. The Labute approximate surface area is 119 Å². The molecular weight excluding hydrogens is 248 g/mol. The Morgan fingerprint density at radius 1 is 1.00 bits per heavy atom. The van der Waals surface area contributed by atoms with Crippen LogP contribution in [0.3, 0.4) is 0 Å². The summed E-state index contributed by atoms with van der Waals surface area (Å²) in [5.74, 6) is -0.0512. The summed E-state index contributed by atoms with van der Waals surface area (Å²) in [6, 6.07) is 12.0. The standard InChI is InChI=1S/C17H18N2O/c1-11-5-12(2)7-16(6-11)19-17(20)13-3-4-14-9-18-10-15(14)8-13/h3-8,18H,9-10H2,1-2H3,(H,19,20). The van der Waals surface area contributed by atoms with Gasteiger partial charge in [-0.2, -0.15) is 0 Å². The summed E-state index contributed by atoms with van der Waals surface area (Å²) in [6.45, 7) is 5.81. The lowest BCUT2D eigenvalue weighted by Gasteiger charge is -2.08. The summed E-state index contributed by atoms with van der Waals surface area (Å²) in [4.78, 5) is 12.3. The van der Waals surface area contributed by atoms with Crippen molar-refractivity contribution in [1.29, 1.82) is 0 Å². The van der Waals surface area contributed by atoms with E-state index in [9.17, 15) is 4.79 Å². The number of rotatable bonds is 2. The maximum Gasteiger partial charge on any atom is 0.255 e. The van der Waals surface area contributed by atoms with Gasteiger partial charge in [-0.25, -0.2) is 0 Å². The SMILES string of the molecule is Cc1cc(C)cc(NC(=O)c2ccc3c(c2)CNC3)c1. The Morgan fingerprint density at radius 2 is 1.70 bits per heavy atom. The molecular formula is C17H18N2O. The van der Waals surface area contributed by atoms with Crippen LogP contribution in [0.5, 0.6) is 0 Å². The van der Waals surface area contributed by atoms with E-state index in [0.29, 0.717) is 5.56 Å². The van der Waals surface area contributed by atoms with Crippen LogP contribution in [-0.2, 0) is 13.1 Å². The van der Waals surface area contributed by atoms with E-state index in [-0.39, 0.29) is 5.91 Å². The average molecular weight is 266 g/mol. The van der Waals surface area contributed by atoms with Crippen molar-refractivity contribution in [3.63, 3.8) is 0 Å². The molecule has 2 aromatic rings. The Hall–Kier alpha value is -2.13. The Balaban J connectivity index is 1.82. The molecule has 1 heterocycles. The molecule has 3 rings (SSSR count). The van der Waals surface area contributed by atoms with Gasteiger partial charge in [-0.3, -0.25) is 4.79 Å². The fourth-order valence-corrected chi connectivity index (χ4v) is 2.69. The molecule has 1 aliphatic rings. The van der Waals surface area contributed by atoms with Crippen LogP contribution >= 0.6 is 0 Å². The summed E-state index contributed by atoms with van der Waals surface area (Å²) < 4.78 is 0. The zero-order chi connectivity index (χ0) is 14.1. The molecule has 0 aromatic heterocycles. The van der Waals surface area contributed by atoms with Gasteiger partial charge in [-0.15, -0.1) is 0 Å². The normalized spacial score (nSPS) is 13.1. The molecule has 2 N–H and O–H groups in total. The number of hydrogen-bond acceptors (Lipinski definition) is 2. The number of carbonyl (C=O) groups excluding carboxylic acids is 1. The van der Waals surface area contributed by atoms with Crippen LogP contribution in [0.25, 0.3) is 0 Å². The quantitative estimate of drug-likeness (QED) is 0.876. The number of carbonyl (C=O) groups is 1. The molecule has 0 radical (unpaired) electrons. The topological polar surface area (TPSA) is 41.1 Å². The predicted molar refractivity (Wildman–Crippen MR) is 80.9 cm³/mol. The molecule has 1 aliphatic heterocycles. The number of benzene rings is 2. The molecule has 1 amide bonds. The molecule has 0 saturated carbocycles. The molecule has 0 saturated heterocycles. The van der Waals surface area contributed by atoms with E-state index in [4.69, 9.17) is 0 Å². The molecule has 0 atom stereocenters. The molecule has 3 heteroatoms. The number of anilines is 1. The van der Waals surface area contributed by atoms with Crippen molar-refractivity contribution in [2.24, 2.45) is 0 Å². The number of hydrogen-bond donors (Lipinski definition) is 2. The van der Waals surface area contributed by atoms with Crippen molar-refractivity contribution in [2.75, 3.05) is 5.32 Å². The van der Waals surface area contributed by atoms with E-state index in [0.717, 1.165) is 29.9 Å². The van der Waals surface area contributed by atoms with Gasteiger partial charge in [0.25, 0.3) is 5.91 Å². The van der Waals surface area contributed by atoms with Crippen LogP contribution in [0, 0.1) is 13.8 Å². The third-order valence-corrected chi connectivity index (χ3v) is 3.58. The predicted octanol–water partition coefficient (Wildman–Crippen LogP) is 3.16. The second kappa shape index (κ2) is 5.10. The highest BCUT2D eigenvalue weighted by Crippen LogP contribution is 2.19. The van der Waals surface area contributed by atoms with E-state index in [1.807, 2.05) is 44.2 Å². The third-order valence-electron chi connectivity index (χ3n) is 3.58. The Bertz CT molecular complexity index is 656. The molecule has 0 bridgehead atoms. The summed E-state index contributed by atoms with van der Waals surface area (Å²) in [6.07, 6.45) is 0. The van der Waals surface area contributed by atoms with Crippen LogP contribution in [0.2, 0.25) is 0 Å². The maximum atomic E-state index is 12.3. The van der Waals surface area contributed by atoms with Crippen LogP contribution in [-0.4, -0.2) is 5.91 Å². The van der Waals surface area contributed by atoms with Gasteiger partial charge in [0.1, 0.15) is 0 Å². The van der Waals surface area contributed by atoms with Gasteiger partial charge in [0.15, 0.2) is 0 Å². The lowest BCUT2D eigenvalue weighted by molar-refractivity contribution is 0.102. The lowest BCUT2D eigenvalue weighted by Crippen LogP contribution is -2.12. The first-order chi connectivity index (χ1) is 9.61. The van der Waals surface area contributed by atoms with Gasteiger partial charge >= 0.3 is 0 Å². The van der Waals surface area contributed by atoms with Crippen molar-refractivity contribution >= 4 is 11.6 Å². The zero-order valence-electron chi connectivity index (χ0n) is 11.8. The number of nitrogens with one attached hydrogen (secondary N) is 2. The largest absolute Gasteiger partial charge is 0.322 e. The number of fused-ring (bicyclic) bond motifs is 1. The zero-order valence-corrected chi connectivity index (χ0v) is 11.8. The minimum absolute atomic E-state index is 0.0512. The Kier molecular flexibility index (Phi) is 3.28. The van der Waals surface area contributed by atoms with Crippen molar-refractivity contribution < 1.29 is 4.79 Å². The molecule has 2 aromatic carbocycles. The van der Waals surface area contributed by atoms with E-state index < -0.39 is 0 Å². The molecule has 3 nitrogen and oxygen atoms in total. The highest BCUT2D eigenvalue weighted by atomic mass is 16.1. The fraction of sp³-hybridized carbons (Fsp3) is 0.235. The van der Waals surface area contributed by atoms with Gasteiger partial charge in [-0.05, 0) is 60.4 Å². The lowest BCUT2D eigenvalue weighted by atomic mass is 10.1. The number of amides is 1. The van der Waals surface area contributed by atoms with Gasteiger partial charge in [-0.1, -0.05) is 12.1 Å². The first kappa shape index (κ1) is 12.9. The monoisotopic (exact) mass is 266 g/mol. The molecule has 0 aliphatic carbocycles. The summed E-state index contributed by atoms with van der Waals surface area (Å²) in [7, 11) is 0.